The molecule has 0 aliphatic rings. The molecule has 84 valence electrons. The second-order valence-electron chi connectivity index (χ2n) is 4.13. The van der Waals surface area contributed by atoms with Gasteiger partial charge in [0.05, 0.1) is 6.42 Å². The van der Waals surface area contributed by atoms with Crippen molar-refractivity contribution in [3.05, 3.63) is 34.6 Å². The van der Waals surface area contributed by atoms with Crippen LogP contribution in [-0.2, 0) is 11.2 Å². The molecule has 16 heavy (non-hydrogen) atoms. The van der Waals surface area contributed by atoms with E-state index in [4.69, 9.17) is 16.0 Å². The van der Waals surface area contributed by atoms with Crippen molar-refractivity contribution in [1.82, 2.24) is 0 Å². The fraction of sp³-hybridized carbons (Fsp3) is 0.308. The van der Waals surface area contributed by atoms with Gasteiger partial charge in [0.2, 0.25) is 5.24 Å². The standard InChI is InChI=1S/C13H13ClO2/c1-7-4-8(2)13-11(5-7)10(6-12(14)15)9(3)16-13/h4-5H,6H2,1-3H3. The fourth-order valence-corrected chi connectivity index (χ4v) is 2.21. The maximum absolute atomic E-state index is 11.0. The number of furan rings is 1. The summed E-state index contributed by atoms with van der Waals surface area (Å²) < 4.78 is 5.67. The first-order valence-corrected chi connectivity index (χ1v) is 5.54. The van der Waals surface area contributed by atoms with Gasteiger partial charge in [0.15, 0.2) is 0 Å². The summed E-state index contributed by atoms with van der Waals surface area (Å²) in [5.41, 5.74) is 4.01. The number of aryl methyl sites for hydroxylation is 3. The highest BCUT2D eigenvalue weighted by atomic mass is 35.5. The first-order chi connectivity index (χ1) is 7.49. The third-order valence-corrected chi connectivity index (χ3v) is 2.87. The molecule has 0 aliphatic heterocycles. The first-order valence-electron chi connectivity index (χ1n) is 5.16. The van der Waals surface area contributed by atoms with E-state index in [1.54, 1.807) is 0 Å². The molecule has 0 unspecified atom stereocenters. The minimum Gasteiger partial charge on any atom is -0.461 e. The van der Waals surface area contributed by atoms with E-state index in [-0.39, 0.29) is 11.7 Å². The zero-order valence-electron chi connectivity index (χ0n) is 9.56. The Bertz CT molecular complexity index is 567. The Morgan fingerprint density at radius 2 is 2.00 bits per heavy atom. The van der Waals surface area contributed by atoms with Crippen molar-refractivity contribution in [1.29, 1.82) is 0 Å². The van der Waals surface area contributed by atoms with Crippen LogP contribution in [0.4, 0.5) is 0 Å². The highest BCUT2D eigenvalue weighted by molar-refractivity contribution is 6.63. The number of hydrogen-bond acceptors (Lipinski definition) is 2. The van der Waals surface area contributed by atoms with E-state index in [1.807, 2.05) is 26.8 Å². The largest absolute Gasteiger partial charge is 0.461 e. The van der Waals surface area contributed by atoms with Gasteiger partial charge >= 0.3 is 0 Å². The van der Waals surface area contributed by atoms with Crippen molar-refractivity contribution in [3.63, 3.8) is 0 Å². The van der Waals surface area contributed by atoms with Gasteiger partial charge in [-0.15, -0.1) is 0 Å². The molecule has 0 spiro atoms. The van der Waals surface area contributed by atoms with Gasteiger partial charge in [-0.1, -0.05) is 6.07 Å². The maximum atomic E-state index is 11.0. The number of fused-ring (bicyclic) bond motifs is 1. The summed E-state index contributed by atoms with van der Waals surface area (Å²) in [4.78, 5) is 11.0. The van der Waals surface area contributed by atoms with Gasteiger partial charge in [-0.05, 0) is 49.6 Å². The number of carbonyl (C=O) groups excluding carboxylic acids is 1. The van der Waals surface area contributed by atoms with Crippen molar-refractivity contribution in [2.45, 2.75) is 27.2 Å². The van der Waals surface area contributed by atoms with Crippen molar-refractivity contribution >= 4 is 27.8 Å². The monoisotopic (exact) mass is 236 g/mol. The molecule has 0 saturated heterocycles. The lowest BCUT2D eigenvalue weighted by atomic mass is 10.0. The zero-order valence-corrected chi connectivity index (χ0v) is 10.3. The van der Waals surface area contributed by atoms with Crippen LogP contribution in [0.25, 0.3) is 11.0 Å². The summed E-state index contributed by atoms with van der Waals surface area (Å²) in [6, 6.07) is 4.10. The van der Waals surface area contributed by atoms with E-state index < -0.39 is 0 Å². The molecule has 0 bridgehead atoms. The third-order valence-electron chi connectivity index (χ3n) is 2.74. The minimum atomic E-state index is -0.357. The van der Waals surface area contributed by atoms with Gasteiger partial charge in [0.1, 0.15) is 11.3 Å². The number of benzene rings is 1. The molecule has 1 heterocycles. The summed E-state index contributed by atoms with van der Waals surface area (Å²) in [6.07, 6.45) is 0.225. The molecule has 1 aromatic carbocycles. The minimum absolute atomic E-state index is 0.225. The highest BCUT2D eigenvalue weighted by Crippen LogP contribution is 2.29. The van der Waals surface area contributed by atoms with Gasteiger partial charge in [-0.2, -0.15) is 0 Å². The van der Waals surface area contributed by atoms with Crippen LogP contribution in [0, 0.1) is 20.8 Å². The summed E-state index contributed by atoms with van der Waals surface area (Å²) in [5, 5.41) is 0.647. The molecule has 2 nitrogen and oxygen atoms in total. The molecule has 0 saturated carbocycles. The Morgan fingerprint density at radius 1 is 1.31 bits per heavy atom. The number of carbonyl (C=O) groups is 1. The SMILES string of the molecule is Cc1cc(C)c2oc(C)c(CC(=O)Cl)c2c1. The molecule has 2 aromatic rings. The van der Waals surface area contributed by atoms with Crippen LogP contribution in [-0.4, -0.2) is 5.24 Å². The second-order valence-corrected chi connectivity index (χ2v) is 4.55. The molecule has 0 radical (unpaired) electrons. The van der Waals surface area contributed by atoms with E-state index in [2.05, 4.69) is 6.07 Å². The van der Waals surface area contributed by atoms with Crippen LogP contribution >= 0.6 is 11.6 Å². The van der Waals surface area contributed by atoms with Crippen molar-refractivity contribution in [2.24, 2.45) is 0 Å². The van der Waals surface area contributed by atoms with Crippen LogP contribution < -0.4 is 0 Å². The summed E-state index contributed by atoms with van der Waals surface area (Å²) in [5.74, 6) is 0.776. The van der Waals surface area contributed by atoms with Crippen LogP contribution in [0.3, 0.4) is 0 Å². The molecular formula is C13H13ClO2. The van der Waals surface area contributed by atoms with Gasteiger partial charge in [0, 0.05) is 10.9 Å². The lowest BCUT2D eigenvalue weighted by molar-refractivity contribution is -0.111. The lowest BCUT2D eigenvalue weighted by Gasteiger charge is -1.99. The van der Waals surface area contributed by atoms with Crippen LogP contribution in [0.15, 0.2) is 16.5 Å². The molecule has 2 rings (SSSR count). The van der Waals surface area contributed by atoms with E-state index in [1.165, 1.54) is 0 Å². The number of halogens is 1. The summed E-state index contributed by atoms with van der Waals surface area (Å²) in [6.45, 7) is 5.90. The molecule has 0 N–H and O–H groups in total. The normalized spacial score (nSPS) is 11.0. The van der Waals surface area contributed by atoms with Gasteiger partial charge < -0.3 is 4.42 Å². The topological polar surface area (TPSA) is 30.2 Å². The van der Waals surface area contributed by atoms with Crippen molar-refractivity contribution in [2.75, 3.05) is 0 Å². The molecule has 0 amide bonds. The van der Waals surface area contributed by atoms with E-state index >= 15 is 0 Å². The van der Waals surface area contributed by atoms with Crippen LogP contribution in [0.2, 0.25) is 0 Å². The molecule has 0 atom stereocenters. The Morgan fingerprint density at radius 3 is 2.62 bits per heavy atom. The van der Waals surface area contributed by atoms with Crippen LogP contribution in [0.5, 0.6) is 0 Å². The number of rotatable bonds is 2. The van der Waals surface area contributed by atoms with Crippen molar-refractivity contribution < 1.29 is 9.21 Å². The first kappa shape index (κ1) is 11.2. The molecular weight excluding hydrogens is 224 g/mol. The Kier molecular flexibility index (Phi) is 2.76. The Labute approximate surface area is 99.2 Å². The predicted octanol–water partition coefficient (Wildman–Crippen LogP) is 3.67. The van der Waals surface area contributed by atoms with E-state index in [0.717, 1.165) is 33.4 Å². The summed E-state index contributed by atoms with van der Waals surface area (Å²) >= 11 is 5.44. The zero-order chi connectivity index (χ0) is 11.9. The highest BCUT2D eigenvalue weighted by Gasteiger charge is 2.15. The van der Waals surface area contributed by atoms with E-state index in [9.17, 15) is 4.79 Å². The fourth-order valence-electron chi connectivity index (χ4n) is 2.08. The predicted molar refractivity (Wildman–Crippen MR) is 65.0 cm³/mol. The van der Waals surface area contributed by atoms with E-state index in [0.29, 0.717) is 0 Å². The number of hydrogen-bond donors (Lipinski definition) is 0. The van der Waals surface area contributed by atoms with Gasteiger partial charge in [-0.25, -0.2) is 0 Å². The smallest absolute Gasteiger partial charge is 0.226 e. The molecule has 1 aromatic heterocycles. The average molecular weight is 237 g/mol. The van der Waals surface area contributed by atoms with Crippen molar-refractivity contribution in [3.8, 4) is 0 Å². The molecule has 3 heteroatoms. The quantitative estimate of drug-likeness (QED) is 0.745. The average Bonchev–Trinajstić information content (AvgIpc) is 2.45. The summed E-state index contributed by atoms with van der Waals surface area (Å²) in [7, 11) is 0. The Hall–Kier alpha value is -1.28. The lowest BCUT2D eigenvalue weighted by Crippen LogP contribution is -1.94. The molecule has 0 fully saturated rings. The third kappa shape index (κ3) is 1.85. The maximum Gasteiger partial charge on any atom is 0.226 e. The second kappa shape index (κ2) is 3.95. The van der Waals surface area contributed by atoms with Crippen LogP contribution in [0.1, 0.15) is 22.5 Å². The van der Waals surface area contributed by atoms with Gasteiger partial charge in [-0.3, -0.25) is 4.79 Å². The Balaban J connectivity index is 2.73. The molecule has 0 aliphatic carbocycles. The van der Waals surface area contributed by atoms with Gasteiger partial charge in [0.25, 0.3) is 0 Å².